The van der Waals surface area contributed by atoms with E-state index in [1.54, 1.807) is 43.3 Å². The first-order valence-electron chi connectivity index (χ1n) is 10.7. The first-order valence-corrected chi connectivity index (χ1v) is 10.7. The number of methoxy groups -OCH3 is 1. The minimum atomic E-state index is -0.546. The van der Waals surface area contributed by atoms with Gasteiger partial charge in [0.1, 0.15) is 11.6 Å². The molecular weight excluding hydrogens is 383 g/mol. The lowest BCUT2D eigenvalue weighted by atomic mass is 9.86. The monoisotopic (exact) mass is 412 g/mol. The summed E-state index contributed by atoms with van der Waals surface area (Å²) in [6.07, 6.45) is 7.48. The van der Waals surface area contributed by atoms with E-state index < -0.39 is 17.7 Å². The standard InChI is InChI=1S/C25H29FO4/c1-17(25(28)29-2)19-12-13-22(23(26)16-19)20-9-6-10-21(15-20)30-24(27)14-11-18-7-4-3-5-8-18/h6,9-10,12-13,15-18H,3-5,7-8,11,14H2,1-2H3. The number of rotatable bonds is 7. The lowest BCUT2D eigenvalue weighted by Gasteiger charge is -2.20. The highest BCUT2D eigenvalue weighted by Gasteiger charge is 2.18. The Morgan fingerprint density at radius 3 is 2.57 bits per heavy atom. The van der Waals surface area contributed by atoms with Gasteiger partial charge in [0.05, 0.1) is 13.0 Å². The molecule has 30 heavy (non-hydrogen) atoms. The molecule has 5 heteroatoms. The Labute approximate surface area is 177 Å². The third-order valence-corrected chi connectivity index (χ3v) is 5.91. The van der Waals surface area contributed by atoms with Gasteiger partial charge in [0.2, 0.25) is 0 Å². The van der Waals surface area contributed by atoms with Crippen LogP contribution in [0.2, 0.25) is 0 Å². The van der Waals surface area contributed by atoms with Crippen molar-refractivity contribution in [3.05, 3.63) is 53.8 Å². The summed E-state index contributed by atoms with van der Waals surface area (Å²) >= 11 is 0. The molecule has 1 aliphatic carbocycles. The van der Waals surface area contributed by atoms with Gasteiger partial charge in [-0.25, -0.2) is 4.39 Å². The first kappa shape index (κ1) is 22.0. The molecule has 1 atom stereocenters. The predicted molar refractivity (Wildman–Crippen MR) is 114 cm³/mol. The molecule has 0 aliphatic heterocycles. The normalized spacial score (nSPS) is 15.4. The van der Waals surface area contributed by atoms with Crippen LogP contribution >= 0.6 is 0 Å². The highest BCUT2D eigenvalue weighted by molar-refractivity contribution is 5.78. The fourth-order valence-electron chi connectivity index (χ4n) is 4.06. The van der Waals surface area contributed by atoms with Crippen LogP contribution in [0.5, 0.6) is 5.75 Å². The average Bonchev–Trinajstić information content (AvgIpc) is 2.77. The summed E-state index contributed by atoms with van der Waals surface area (Å²) < 4.78 is 24.9. The largest absolute Gasteiger partial charge is 0.469 e. The van der Waals surface area contributed by atoms with Crippen molar-refractivity contribution in [3.63, 3.8) is 0 Å². The summed E-state index contributed by atoms with van der Waals surface area (Å²) in [7, 11) is 1.31. The van der Waals surface area contributed by atoms with E-state index in [-0.39, 0.29) is 5.97 Å². The van der Waals surface area contributed by atoms with Gasteiger partial charge in [-0.1, -0.05) is 56.4 Å². The summed E-state index contributed by atoms with van der Waals surface area (Å²) in [5, 5.41) is 0. The van der Waals surface area contributed by atoms with Gasteiger partial charge in [-0.2, -0.15) is 0 Å². The number of hydrogen-bond acceptors (Lipinski definition) is 4. The molecular formula is C25H29FO4. The molecule has 1 saturated carbocycles. The Kier molecular flexibility index (Phi) is 7.61. The Hall–Kier alpha value is -2.69. The molecule has 0 spiro atoms. The third kappa shape index (κ3) is 5.68. The van der Waals surface area contributed by atoms with Crippen molar-refractivity contribution in [2.24, 2.45) is 5.92 Å². The Bertz CT molecular complexity index is 886. The average molecular weight is 413 g/mol. The molecule has 0 amide bonds. The molecule has 0 aromatic heterocycles. The van der Waals surface area contributed by atoms with Crippen molar-refractivity contribution < 1.29 is 23.5 Å². The maximum atomic E-state index is 14.7. The topological polar surface area (TPSA) is 52.6 Å². The van der Waals surface area contributed by atoms with E-state index in [2.05, 4.69) is 0 Å². The van der Waals surface area contributed by atoms with Gasteiger partial charge in [0, 0.05) is 12.0 Å². The van der Waals surface area contributed by atoms with Crippen molar-refractivity contribution in [3.8, 4) is 16.9 Å². The lowest BCUT2D eigenvalue weighted by Crippen LogP contribution is -2.12. The van der Waals surface area contributed by atoms with Crippen molar-refractivity contribution in [2.75, 3.05) is 7.11 Å². The van der Waals surface area contributed by atoms with Crippen LogP contribution in [0, 0.1) is 11.7 Å². The van der Waals surface area contributed by atoms with Crippen molar-refractivity contribution in [1.82, 2.24) is 0 Å². The van der Waals surface area contributed by atoms with Gasteiger partial charge in [0.25, 0.3) is 0 Å². The van der Waals surface area contributed by atoms with E-state index in [9.17, 15) is 14.0 Å². The summed E-state index contributed by atoms with van der Waals surface area (Å²) in [5.74, 6) is -0.617. The zero-order valence-electron chi connectivity index (χ0n) is 17.7. The minimum absolute atomic E-state index is 0.250. The molecule has 0 heterocycles. The fourth-order valence-corrected chi connectivity index (χ4v) is 4.06. The van der Waals surface area contributed by atoms with Crippen LogP contribution in [0.1, 0.15) is 63.4 Å². The lowest BCUT2D eigenvalue weighted by molar-refractivity contribution is -0.142. The Morgan fingerprint density at radius 1 is 1.10 bits per heavy atom. The highest BCUT2D eigenvalue weighted by atomic mass is 19.1. The molecule has 4 nitrogen and oxygen atoms in total. The van der Waals surface area contributed by atoms with Crippen LogP contribution in [0.15, 0.2) is 42.5 Å². The van der Waals surface area contributed by atoms with Gasteiger partial charge >= 0.3 is 11.9 Å². The number of carbonyl (C=O) groups excluding carboxylic acids is 2. The van der Waals surface area contributed by atoms with E-state index in [4.69, 9.17) is 9.47 Å². The molecule has 2 aromatic rings. The molecule has 1 aliphatic rings. The van der Waals surface area contributed by atoms with Gasteiger partial charge in [-0.05, 0) is 48.6 Å². The van der Waals surface area contributed by atoms with Gasteiger partial charge < -0.3 is 9.47 Å². The minimum Gasteiger partial charge on any atom is -0.469 e. The number of carbonyl (C=O) groups is 2. The zero-order chi connectivity index (χ0) is 21.5. The molecule has 3 rings (SSSR count). The highest BCUT2D eigenvalue weighted by Crippen LogP contribution is 2.30. The van der Waals surface area contributed by atoms with Crippen molar-refractivity contribution in [2.45, 2.75) is 57.8 Å². The summed E-state index contributed by atoms with van der Waals surface area (Å²) in [4.78, 5) is 23.9. The summed E-state index contributed by atoms with van der Waals surface area (Å²) in [5.41, 5.74) is 1.55. The Morgan fingerprint density at radius 2 is 1.87 bits per heavy atom. The second-order valence-electron chi connectivity index (χ2n) is 8.03. The van der Waals surface area contributed by atoms with E-state index in [1.807, 2.05) is 0 Å². The molecule has 0 radical (unpaired) electrons. The zero-order valence-corrected chi connectivity index (χ0v) is 17.7. The number of hydrogen-bond donors (Lipinski definition) is 0. The van der Waals surface area contributed by atoms with E-state index >= 15 is 0 Å². The maximum Gasteiger partial charge on any atom is 0.312 e. The molecule has 0 bridgehead atoms. The van der Waals surface area contributed by atoms with E-state index in [1.165, 1.54) is 45.3 Å². The summed E-state index contributed by atoms with van der Waals surface area (Å²) in [6, 6.07) is 11.6. The fraction of sp³-hybridized carbons (Fsp3) is 0.440. The molecule has 1 fully saturated rings. The predicted octanol–water partition coefficient (Wildman–Crippen LogP) is 6.04. The number of esters is 2. The van der Waals surface area contributed by atoms with Crippen LogP contribution < -0.4 is 4.74 Å². The second kappa shape index (κ2) is 10.4. The molecule has 0 N–H and O–H groups in total. The second-order valence-corrected chi connectivity index (χ2v) is 8.03. The summed E-state index contributed by atoms with van der Waals surface area (Å²) in [6.45, 7) is 1.67. The quantitative estimate of drug-likeness (QED) is 0.411. The SMILES string of the molecule is COC(=O)C(C)c1ccc(-c2cccc(OC(=O)CCC3CCCCC3)c2)c(F)c1. The van der Waals surface area contributed by atoms with E-state index in [0.717, 1.165) is 6.42 Å². The van der Waals surface area contributed by atoms with Crippen molar-refractivity contribution >= 4 is 11.9 Å². The molecule has 1 unspecified atom stereocenters. The first-order chi connectivity index (χ1) is 14.5. The van der Waals surface area contributed by atoms with Crippen molar-refractivity contribution in [1.29, 1.82) is 0 Å². The van der Waals surface area contributed by atoms with Gasteiger partial charge in [-0.15, -0.1) is 0 Å². The maximum absolute atomic E-state index is 14.7. The smallest absolute Gasteiger partial charge is 0.312 e. The van der Waals surface area contributed by atoms with Crippen LogP contribution in [-0.2, 0) is 14.3 Å². The van der Waals surface area contributed by atoms with Crippen LogP contribution in [0.4, 0.5) is 4.39 Å². The molecule has 2 aromatic carbocycles. The van der Waals surface area contributed by atoms with Gasteiger partial charge in [0.15, 0.2) is 0 Å². The molecule has 160 valence electrons. The van der Waals surface area contributed by atoms with E-state index in [0.29, 0.717) is 34.8 Å². The molecule has 0 saturated heterocycles. The number of halogens is 1. The van der Waals surface area contributed by atoms with Crippen LogP contribution in [-0.4, -0.2) is 19.0 Å². The Balaban J connectivity index is 1.66. The number of ether oxygens (including phenoxy) is 2. The van der Waals surface area contributed by atoms with Gasteiger partial charge in [-0.3, -0.25) is 9.59 Å². The van der Waals surface area contributed by atoms with Crippen LogP contribution in [0.3, 0.4) is 0 Å². The third-order valence-electron chi connectivity index (χ3n) is 5.91. The number of benzene rings is 2. The van der Waals surface area contributed by atoms with Crippen LogP contribution in [0.25, 0.3) is 11.1 Å².